The molecule has 0 bridgehead atoms. The Morgan fingerprint density at radius 2 is 1.56 bits per heavy atom. The number of halogens is 5. The molecule has 1 aromatic carbocycles. The van der Waals surface area contributed by atoms with Crippen LogP contribution in [0.1, 0.15) is 5.69 Å². The maximum atomic E-state index is 13.6. The number of sulfonamides is 1. The molecule has 0 aliphatic rings. The highest BCUT2D eigenvalue weighted by Gasteiger charge is 2.33. The first-order valence-electron chi connectivity index (χ1n) is 6.66. The summed E-state index contributed by atoms with van der Waals surface area (Å²) < 4.78 is 93.9. The van der Waals surface area contributed by atoms with Crippen LogP contribution in [0.5, 0.6) is 0 Å². The number of rotatable bonds is 4. The third-order valence-corrected chi connectivity index (χ3v) is 4.72. The molecule has 3 rings (SSSR count). The molecule has 0 unspecified atom stereocenters. The fourth-order valence-electron chi connectivity index (χ4n) is 2.13. The topological polar surface area (TPSA) is 63.5 Å². The van der Waals surface area contributed by atoms with E-state index in [2.05, 4.69) is 4.98 Å². The van der Waals surface area contributed by atoms with Crippen LogP contribution in [0.4, 0.5) is 22.0 Å². The van der Waals surface area contributed by atoms with Gasteiger partial charge in [0.25, 0.3) is 0 Å². The van der Waals surface area contributed by atoms with Crippen LogP contribution in [0.25, 0.3) is 5.65 Å². The summed E-state index contributed by atoms with van der Waals surface area (Å²) in [5.41, 5.74) is 0.659. The zero-order chi connectivity index (χ0) is 18.4. The highest BCUT2D eigenvalue weighted by Crippen LogP contribution is 2.26. The first kappa shape index (κ1) is 17.3. The second-order valence-electron chi connectivity index (χ2n) is 4.92. The van der Waals surface area contributed by atoms with E-state index in [1.54, 1.807) is 33.5 Å². The van der Waals surface area contributed by atoms with Crippen molar-refractivity contribution in [3.63, 3.8) is 0 Å². The molecule has 0 spiro atoms. The second-order valence-corrected chi connectivity index (χ2v) is 6.63. The molecule has 2 heterocycles. The number of pyridine rings is 1. The van der Waals surface area contributed by atoms with E-state index in [4.69, 9.17) is 0 Å². The number of nitrogens with zero attached hydrogens (tertiary/aromatic N) is 2. The molecule has 11 heteroatoms. The molecule has 132 valence electrons. The van der Waals surface area contributed by atoms with E-state index in [1.165, 1.54) is 6.20 Å². The van der Waals surface area contributed by atoms with Gasteiger partial charge in [-0.1, -0.05) is 6.07 Å². The van der Waals surface area contributed by atoms with Crippen molar-refractivity contribution in [3.05, 3.63) is 65.4 Å². The number of hydrogen-bond donors (Lipinski definition) is 1. The van der Waals surface area contributed by atoms with Crippen LogP contribution in [0.15, 0.2) is 35.5 Å². The van der Waals surface area contributed by atoms with Gasteiger partial charge in [0.2, 0.25) is 15.8 Å². The molecule has 5 nitrogen and oxygen atoms in total. The van der Waals surface area contributed by atoms with Crippen molar-refractivity contribution in [1.29, 1.82) is 0 Å². The fourth-order valence-corrected chi connectivity index (χ4v) is 3.27. The van der Waals surface area contributed by atoms with Gasteiger partial charge in [-0.25, -0.2) is 40.1 Å². The van der Waals surface area contributed by atoms with Gasteiger partial charge in [0.15, 0.2) is 28.2 Å². The van der Waals surface area contributed by atoms with Crippen molar-refractivity contribution in [2.45, 2.75) is 11.4 Å². The summed E-state index contributed by atoms with van der Waals surface area (Å²) in [7, 11) is -5.01. The molecule has 0 radical (unpaired) electrons. The normalized spacial score (nSPS) is 12.0. The molecule has 1 N–H and O–H groups in total. The summed E-state index contributed by atoms with van der Waals surface area (Å²) in [5, 5.41) is 0. The van der Waals surface area contributed by atoms with Crippen LogP contribution < -0.4 is 4.72 Å². The van der Waals surface area contributed by atoms with Crippen LogP contribution in [0.3, 0.4) is 0 Å². The molecule has 0 saturated heterocycles. The smallest absolute Gasteiger partial charge is 0.247 e. The monoisotopic (exact) mass is 377 g/mol. The van der Waals surface area contributed by atoms with Crippen LogP contribution >= 0.6 is 0 Å². The van der Waals surface area contributed by atoms with Crippen molar-refractivity contribution < 1.29 is 30.4 Å². The van der Waals surface area contributed by atoms with Gasteiger partial charge in [-0.2, -0.15) is 0 Å². The van der Waals surface area contributed by atoms with E-state index in [9.17, 15) is 30.4 Å². The van der Waals surface area contributed by atoms with Crippen LogP contribution in [-0.2, 0) is 16.6 Å². The van der Waals surface area contributed by atoms with E-state index in [1.807, 2.05) is 0 Å². The van der Waals surface area contributed by atoms with Gasteiger partial charge in [0, 0.05) is 12.4 Å². The predicted molar refractivity (Wildman–Crippen MR) is 75.4 cm³/mol. The van der Waals surface area contributed by atoms with Gasteiger partial charge in [0.05, 0.1) is 12.2 Å². The van der Waals surface area contributed by atoms with Crippen molar-refractivity contribution in [2.75, 3.05) is 0 Å². The Hall–Kier alpha value is -2.53. The van der Waals surface area contributed by atoms with Gasteiger partial charge in [0.1, 0.15) is 5.65 Å². The summed E-state index contributed by atoms with van der Waals surface area (Å²) in [4.78, 5) is 2.11. The van der Waals surface area contributed by atoms with Gasteiger partial charge in [-0.3, -0.25) is 0 Å². The number of nitrogens with one attached hydrogen (secondary N) is 1. The lowest BCUT2D eigenvalue weighted by atomic mass is 10.3. The minimum Gasteiger partial charge on any atom is -0.307 e. The molecular weight excluding hydrogens is 369 g/mol. The third kappa shape index (κ3) is 2.96. The van der Waals surface area contributed by atoms with Gasteiger partial charge < -0.3 is 4.40 Å². The standard InChI is InChI=1S/C14H8F5N3O2S/c15-9-10(16)12(18)14(13(19)11(9)17)25(23,24)20-5-7-6-22-4-2-1-3-8(22)21-7/h1-4,6,20H,5H2. The Balaban J connectivity index is 1.95. The molecule has 0 saturated carbocycles. The Morgan fingerprint density at radius 1 is 0.960 bits per heavy atom. The molecule has 0 aliphatic heterocycles. The van der Waals surface area contributed by atoms with Crippen molar-refractivity contribution in [2.24, 2.45) is 0 Å². The molecule has 3 aromatic rings. The molecule has 2 aromatic heterocycles. The first-order chi connectivity index (χ1) is 11.7. The lowest BCUT2D eigenvalue weighted by molar-refractivity contribution is 0.357. The maximum absolute atomic E-state index is 13.6. The maximum Gasteiger partial charge on any atom is 0.247 e. The largest absolute Gasteiger partial charge is 0.307 e. The summed E-state index contributed by atoms with van der Waals surface area (Å²) in [6.07, 6.45) is 3.07. The van der Waals surface area contributed by atoms with E-state index in [0.717, 1.165) is 0 Å². The minimum atomic E-state index is -5.01. The van der Waals surface area contributed by atoms with E-state index in [-0.39, 0.29) is 5.69 Å². The molecule has 0 aliphatic carbocycles. The highest BCUT2D eigenvalue weighted by atomic mass is 32.2. The highest BCUT2D eigenvalue weighted by molar-refractivity contribution is 7.89. The molecule has 25 heavy (non-hydrogen) atoms. The van der Waals surface area contributed by atoms with Crippen LogP contribution in [0.2, 0.25) is 0 Å². The van der Waals surface area contributed by atoms with Gasteiger partial charge >= 0.3 is 0 Å². The SMILES string of the molecule is O=S(=O)(NCc1cn2ccccc2n1)c1c(F)c(F)c(F)c(F)c1F. The summed E-state index contributed by atoms with van der Waals surface area (Å²) in [5.74, 6) is -12.0. The third-order valence-electron chi connectivity index (χ3n) is 3.30. The zero-order valence-corrected chi connectivity index (χ0v) is 12.9. The summed E-state index contributed by atoms with van der Waals surface area (Å²) >= 11 is 0. The fraction of sp³-hybridized carbons (Fsp3) is 0.0714. The molecular formula is C14H8F5N3O2S. The lowest BCUT2D eigenvalue weighted by Crippen LogP contribution is -2.27. The van der Waals surface area contributed by atoms with Crippen molar-refractivity contribution in [3.8, 4) is 0 Å². The van der Waals surface area contributed by atoms with E-state index in [0.29, 0.717) is 5.65 Å². The number of fused-ring (bicyclic) bond motifs is 1. The Kier molecular flexibility index (Phi) is 4.21. The van der Waals surface area contributed by atoms with Crippen LogP contribution in [0, 0.1) is 29.1 Å². The summed E-state index contributed by atoms with van der Waals surface area (Å²) in [6.45, 7) is -0.510. The molecule has 0 amide bonds. The average Bonchev–Trinajstić information content (AvgIpc) is 2.99. The predicted octanol–water partition coefficient (Wildman–Crippen LogP) is 2.51. The Morgan fingerprint density at radius 3 is 2.16 bits per heavy atom. The zero-order valence-electron chi connectivity index (χ0n) is 12.1. The minimum absolute atomic E-state index is 0.179. The Labute approximate surface area is 137 Å². The van der Waals surface area contributed by atoms with E-state index >= 15 is 0 Å². The Bertz CT molecular complexity index is 1020. The molecule has 0 fully saturated rings. The average molecular weight is 377 g/mol. The first-order valence-corrected chi connectivity index (χ1v) is 8.14. The van der Waals surface area contributed by atoms with Crippen molar-refractivity contribution >= 4 is 15.7 Å². The number of aromatic nitrogens is 2. The second kappa shape index (κ2) is 6.08. The quantitative estimate of drug-likeness (QED) is 0.432. The van der Waals surface area contributed by atoms with Crippen LogP contribution in [-0.4, -0.2) is 17.8 Å². The summed E-state index contributed by atoms with van der Waals surface area (Å²) in [6, 6.07) is 5.00. The lowest BCUT2D eigenvalue weighted by Gasteiger charge is -2.09. The van der Waals surface area contributed by atoms with Gasteiger partial charge in [-0.05, 0) is 12.1 Å². The molecule has 0 atom stereocenters. The number of hydrogen-bond acceptors (Lipinski definition) is 3. The number of benzene rings is 1. The van der Waals surface area contributed by atoms with E-state index < -0.39 is 50.5 Å². The van der Waals surface area contributed by atoms with Gasteiger partial charge in [-0.15, -0.1) is 0 Å². The number of imidazole rings is 1. The van der Waals surface area contributed by atoms with Crippen molar-refractivity contribution in [1.82, 2.24) is 14.1 Å².